The fraction of sp³-hybridized carbons (Fsp3) is 0.875. The number of hydrogen-bond donors (Lipinski definition) is 3. The minimum Gasteiger partial charge on any atom is -0.466 e. The highest BCUT2D eigenvalue weighted by Crippen LogP contribution is 2.17. The van der Waals surface area contributed by atoms with Crippen LogP contribution in [-0.4, -0.2) is 47.4 Å². The van der Waals surface area contributed by atoms with Crippen molar-refractivity contribution in [2.45, 2.75) is 347 Å². The summed E-state index contributed by atoms with van der Waals surface area (Å²) in [4.78, 5) is 24.6. The Hall–Kier alpha value is -1.92. The van der Waals surface area contributed by atoms with Crippen molar-refractivity contribution >= 4 is 11.9 Å². The van der Waals surface area contributed by atoms with Crippen molar-refractivity contribution in [1.82, 2.24) is 5.32 Å². The van der Waals surface area contributed by atoms with Crippen molar-refractivity contribution in [2.75, 3.05) is 13.2 Å². The van der Waals surface area contributed by atoms with E-state index in [-0.39, 0.29) is 18.5 Å². The summed E-state index contributed by atoms with van der Waals surface area (Å²) in [6.07, 6.45) is 74.6. The number of carbonyl (C=O) groups is 2. The number of amides is 1. The molecule has 0 spiro atoms. The Morgan fingerprint density at radius 3 is 1.10 bits per heavy atom. The van der Waals surface area contributed by atoms with Gasteiger partial charge in [0, 0.05) is 12.8 Å². The van der Waals surface area contributed by atoms with Crippen LogP contribution in [0, 0.1) is 0 Å². The van der Waals surface area contributed by atoms with Crippen LogP contribution in [0.15, 0.2) is 36.5 Å². The third-order valence-corrected chi connectivity index (χ3v) is 14.4. The topological polar surface area (TPSA) is 95.9 Å². The van der Waals surface area contributed by atoms with E-state index in [4.69, 9.17) is 4.74 Å². The molecule has 3 N–H and O–H groups in total. The van der Waals surface area contributed by atoms with E-state index in [0.29, 0.717) is 19.4 Å². The lowest BCUT2D eigenvalue weighted by molar-refractivity contribution is -0.143. The zero-order valence-electron chi connectivity index (χ0n) is 47.0. The molecule has 2 atom stereocenters. The number of unbranched alkanes of at least 4 members (excludes halogenated alkanes) is 43. The third-order valence-electron chi connectivity index (χ3n) is 14.4. The van der Waals surface area contributed by atoms with Crippen LogP contribution in [0.5, 0.6) is 0 Å². The lowest BCUT2D eigenvalue weighted by Crippen LogP contribution is -2.45. The fourth-order valence-corrected chi connectivity index (χ4v) is 9.61. The van der Waals surface area contributed by atoms with Crippen molar-refractivity contribution in [1.29, 1.82) is 0 Å². The summed E-state index contributed by atoms with van der Waals surface area (Å²) in [5.41, 5.74) is 0. The molecule has 0 saturated heterocycles. The van der Waals surface area contributed by atoms with E-state index in [0.717, 1.165) is 51.4 Å². The number of esters is 1. The second-order valence-corrected chi connectivity index (χ2v) is 21.4. The molecule has 0 aliphatic carbocycles. The molecule has 0 saturated carbocycles. The number of nitrogens with one attached hydrogen (secondary N) is 1. The summed E-state index contributed by atoms with van der Waals surface area (Å²) in [5, 5.41) is 23.1. The van der Waals surface area contributed by atoms with Crippen molar-refractivity contribution in [3.63, 3.8) is 0 Å². The van der Waals surface area contributed by atoms with E-state index >= 15 is 0 Å². The monoisotopic (exact) mass is 984 g/mol. The van der Waals surface area contributed by atoms with Gasteiger partial charge >= 0.3 is 5.97 Å². The highest BCUT2D eigenvalue weighted by molar-refractivity contribution is 5.76. The van der Waals surface area contributed by atoms with Crippen molar-refractivity contribution in [3.8, 4) is 0 Å². The van der Waals surface area contributed by atoms with Crippen LogP contribution in [-0.2, 0) is 14.3 Å². The molecular weight excluding hydrogens is 863 g/mol. The van der Waals surface area contributed by atoms with E-state index in [2.05, 4.69) is 43.5 Å². The lowest BCUT2D eigenvalue weighted by Gasteiger charge is -2.20. The molecule has 70 heavy (non-hydrogen) atoms. The molecule has 0 rings (SSSR count). The minimum atomic E-state index is -0.847. The number of aliphatic hydroxyl groups is 2. The molecule has 0 aliphatic heterocycles. The Labute approximate surface area is 436 Å². The van der Waals surface area contributed by atoms with E-state index in [1.165, 1.54) is 257 Å². The van der Waals surface area contributed by atoms with Crippen LogP contribution >= 0.6 is 0 Å². The quantitative estimate of drug-likeness (QED) is 0.0321. The zero-order valence-corrected chi connectivity index (χ0v) is 47.0. The number of ether oxygens (including phenoxy) is 1. The summed E-state index contributed by atoms with van der Waals surface area (Å²) in [6, 6.07) is -0.631. The third kappa shape index (κ3) is 55.4. The van der Waals surface area contributed by atoms with Gasteiger partial charge in [-0.25, -0.2) is 0 Å². The second-order valence-electron chi connectivity index (χ2n) is 21.4. The molecular formula is C64H121NO5. The fourth-order valence-electron chi connectivity index (χ4n) is 9.61. The first-order valence-corrected chi connectivity index (χ1v) is 31.3. The SMILES string of the molecule is CCCCCC/C=C\C/C=C\CCCCCCCCCC(=O)OCCCCCCCCCCCCCCCCCCCCCC(=O)NC(CO)C(O)/C=C/CCCCCCCCCCCCCCCC. The van der Waals surface area contributed by atoms with Gasteiger partial charge in [0.25, 0.3) is 0 Å². The average molecular weight is 985 g/mol. The van der Waals surface area contributed by atoms with Gasteiger partial charge in [-0.05, 0) is 64.2 Å². The number of allylic oxidation sites excluding steroid dienone is 5. The normalized spacial score (nSPS) is 12.8. The maximum absolute atomic E-state index is 12.5. The van der Waals surface area contributed by atoms with Crippen LogP contribution in [0.2, 0.25) is 0 Å². The van der Waals surface area contributed by atoms with Gasteiger partial charge in [-0.1, -0.05) is 294 Å². The highest BCUT2D eigenvalue weighted by Gasteiger charge is 2.18. The maximum Gasteiger partial charge on any atom is 0.305 e. The molecule has 6 nitrogen and oxygen atoms in total. The molecule has 0 heterocycles. The number of rotatable bonds is 58. The standard InChI is InChI=1S/C64H121NO5/c1-3-5-7-9-11-13-15-17-19-21-26-30-34-38-42-46-50-54-58-64(69)70-59-55-51-47-43-39-35-31-27-24-22-23-25-29-33-37-41-45-49-53-57-63(68)65-61(60-66)62(67)56-52-48-44-40-36-32-28-20-18-16-14-12-10-8-6-4-2/h13,15,19,21,52,56,61-62,66-67H,3-12,14,16-18,20,22-51,53-55,57-60H2,1-2H3,(H,65,68)/b15-13-,21-19-,56-52+. The summed E-state index contributed by atoms with van der Waals surface area (Å²) < 4.78 is 5.49. The average Bonchev–Trinajstić information content (AvgIpc) is 3.36. The van der Waals surface area contributed by atoms with E-state index in [1.54, 1.807) is 6.08 Å². The summed E-state index contributed by atoms with van der Waals surface area (Å²) in [6.45, 7) is 4.89. The Morgan fingerprint density at radius 2 is 0.714 bits per heavy atom. The lowest BCUT2D eigenvalue weighted by atomic mass is 10.0. The number of aliphatic hydroxyl groups excluding tert-OH is 2. The van der Waals surface area contributed by atoms with Crippen molar-refractivity contribution < 1.29 is 24.5 Å². The van der Waals surface area contributed by atoms with Crippen LogP contribution in [0.25, 0.3) is 0 Å². The highest BCUT2D eigenvalue weighted by atomic mass is 16.5. The van der Waals surface area contributed by atoms with Gasteiger partial charge in [0.05, 0.1) is 25.4 Å². The molecule has 0 bridgehead atoms. The first kappa shape index (κ1) is 68.1. The van der Waals surface area contributed by atoms with Gasteiger partial charge in [-0.3, -0.25) is 9.59 Å². The molecule has 0 fully saturated rings. The molecule has 1 amide bonds. The molecule has 0 aromatic rings. The van der Waals surface area contributed by atoms with Crippen LogP contribution in [0.3, 0.4) is 0 Å². The van der Waals surface area contributed by atoms with Gasteiger partial charge in [-0.2, -0.15) is 0 Å². The smallest absolute Gasteiger partial charge is 0.305 e. The molecule has 6 heteroatoms. The Kier molecular flexibility index (Phi) is 58.0. The van der Waals surface area contributed by atoms with E-state index in [9.17, 15) is 19.8 Å². The van der Waals surface area contributed by atoms with Gasteiger partial charge < -0.3 is 20.3 Å². The van der Waals surface area contributed by atoms with Gasteiger partial charge in [0.2, 0.25) is 5.91 Å². The molecule has 412 valence electrons. The second kappa shape index (κ2) is 59.6. The van der Waals surface area contributed by atoms with Gasteiger partial charge in [0.15, 0.2) is 0 Å². The predicted molar refractivity (Wildman–Crippen MR) is 306 cm³/mol. The van der Waals surface area contributed by atoms with Crippen LogP contribution < -0.4 is 5.32 Å². The molecule has 0 radical (unpaired) electrons. The largest absolute Gasteiger partial charge is 0.466 e. The number of carbonyl (C=O) groups excluding carboxylic acids is 2. The van der Waals surface area contributed by atoms with E-state index in [1.807, 2.05) is 6.08 Å². The Morgan fingerprint density at radius 1 is 0.400 bits per heavy atom. The zero-order chi connectivity index (χ0) is 50.7. The molecule has 0 aromatic heterocycles. The first-order chi connectivity index (χ1) is 34.5. The molecule has 0 aliphatic rings. The number of hydrogen-bond acceptors (Lipinski definition) is 5. The van der Waals surface area contributed by atoms with Gasteiger partial charge in [0.1, 0.15) is 0 Å². The maximum atomic E-state index is 12.5. The van der Waals surface area contributed by atoms with E-state index < -0.39 is 12.1 Å². The first-order valence-electron chi connectivity index (χ1n) is 31.3. The predicted octanol–water partition coefficient (Wildman–Crippen LogP) is 19.6. The minimum absolute atomic E-state index is 0.00113. The van der Waals surface area contributed by atoms with Crippen molar-refractivity contribution in [2.24, 2.45) is 0 Å². The summed E-state index contributed by atoms with van der Waals surface area (Å²) in [7, 11) is 0. The van der Waals surface area contributed by atoms with Crippen LogP contribution in [0.4, 0.5) is 0 Å². The van der Waals surface area contributed by atoms with Crippen LogP contribution in [0.1, 0.15) is 335 Å². The Balaban J connectivity index is 3.42. The summed E-state index contributed by atoms with van der Waals surface area (Å²) >= 11 is 0. The van der Waals surface area contributed by atoms with Crippen molar-refractivity contribution in [3.05, 3.63) is 36.5 Å². The Bertz CT molecular complexity index is 1130. The summed E-state index contributed by atoms with van der Waals surface area (Å²) in [5.74, 6) is -0.0684. The molecule has 2 unspecified atom stereocenters. The molecule has 0 aromatic carbocycles. The van der Waals surface area contributed by atoms with Gasteiger partial charge in [-0.15, -0.1) is 0 Å².